The molecule has 1 aliphatic carbocycles. The largest absolute Gasteiger partial charge is 0.402 e. The number of carbonyl (C=O) groups is 1. The van der Waals surface area contributed by atoms with Crippen LogP contribution >= 0.6 is 0 Å². The van der Waals surface area contributed by atoms with Crippen LogP contribution < -0.4 is 16.4 Å². The van der Waals surface area contributed by atoms with Crippen molar-refractivity contribution in [1.82, 2.24) is 30.5 Å². The van der Waals surface area contributed by atoms with Crippen molar-refractivity contribution in [2.75, 3.05) is 5.32 Å². The lowest BCUT2D eigenvalue weighted by molar-refractivity contribution is -0.126. The summed E-state index contributed by atoms with van der Waals surface area (Å²) >= 11 is 0. The SMILES string of the molecule is Cc1cc(C2CCC(C(=O)NC(C)c3ccc(N=CC(F)=CN)nc3)CC2)nc(Nc2cc(C)[nH]n2)n1. The fraction of sp³-hybridized carbons (Fsp3) is 0.385. The highest BCUT2D eigenvalue weighted by Gasteiger charge is 2.29. The molecule has 3 aromatic heterocycles. The van der Waals surface area contributed by atoms with E-state index in [4.69, 9.17) is 10.7 Å². The summed E-state index contributed by atoms with van der Waals surface area (Å²) < 4.78 is 13.1. The minimum atomic E-state index is -0.641. The molecule has 1 saturated carbocycles. The molecule has 1 fully saturated rings. The topological polar surface area (TPSA) is 147 Å². The zero-order valence-electron chi connectivity index (χ0n) is 21.2. The summed E-state index contributed by atoms with van der Waals surface area (Å²) in [6, 6.07) is 7.20. The van der Waals surface area contributed by atoms with Gasteiger partial charge in [0.15, 0.2) is 17.5 Å². The minimum Gasteiger partial charge on any atom is -0.402 e. The number of aromatic amines is 1. The number of rotatable bonds is 8. The number of halogens is 1. The van der Waals surface area contributed by atoms with Gasteiger partial charge in [0.25, 0.3) is 0 Å². The minimum absolute atomic E-state index is 0.0401. The molecule has 3 aromatic rings. The molecule has 0 spiro atoms. The summed E-state index contributed by atoms with van der Waals surface area (Å²) in [7, 11) is 0. The molecule has 1 atom stereocenters. The molecule has 10 nitrogen and oxygen atoms in total. The molecule has 0 saturated heterocycles. The van der Waals surface area contributed by atoms with E-state index in [0.29, 0.717) is 17.6 Å². The number of nitrogens with one attached hydrogen (secondary N) is 3. The van der Waals surface area contributed by atoms with Gasteiger partial charge < -0.3 is 16.4 Å². The van der Waals surface area contributed by atoms with E-state index in [1.54, 1.807) is 12.3 Å². The van der Waals surface area contributed by atoms with Crippen LogP contribution in [0.3, 0.4) is 0 Å². The third kappa shape index (κ3) is 6.96. The Morgan fingerprint density at radius 3 is 2.65 bits per heavy atom. The second-order valence-electron chi connectivity index (χ2n) is 9.36. The Morgan fingerprint density at radius 2 is 2.00 bits per heavy atom. The first-order chi connectivity index (χ1) is 17.8. The molecule has 11 heteroatoms. The standard InChI is InChI=1S/C26H32FN9O/c1-15-10-22(33-26(31-15)34-24-11-16(2)35-36-24)18-4-6-19(7-5-18)25(37)32-17(3)20-8-9-23(29-13-20)30-14-21(27)12-28/h8-14,17-19H,4-7,28H2,1-3H3,(H,32,37)(H2,31,33,34,35,36). The summed E-state index contributed by atoms with van der Waals surface area (Å²) in [6.07, 6.45) is 6.81. The second kappa shape index (κ2) is 11.7. The van der Waals surface area contributed by atoms with Crippen LogP contribution in [0.25, 0.3) is 0 Å². The van der Waals surface area contributed by atoms with Crippen LogP contribution in [0.2, 0.25) is 0 Å². The molecule has 4 rings (SSSR count). The number of aryl methyl sites for hydroxylation is 2. The molecule has 1 unspecified atom stereocenters. The molecule has 1 amide bonds. The van der Waals surface area contributed by atoms with Gasteiger partial charge in [-0.15, -0.1) is 0 Å². The maximum Gasteiger partial charge on any atom is 0.228 e. The average Bonchev–Trinajstić information content (AvgIpc) is 3.31. The zero-order chi connectivity index (χ0) is 26.4. The molecule has 194 valence electrons. The van der Waals surface area contributed by atoms with Crippen LogP contribution in [0, 0.1) is 19.8 Å². The molecular weight excluding hydrogens is 473 g/mol. The normalized spacial score (nSPS) is 19.1. The zero-order valence-corrected chi connectivity index (χ0v) is 21.2. The van der Waals surface area contributed by atoms with Gasteiger partial charge in [-0.25, -0.2) is 24.3 Å². The fourth-order valence-electron chi connectivity index (χ4n) is 4.42. The summed E-state index contributed by atoms with van der Waals surface area (Å²) in [5.74, 6) is 1.20. The van der Waals surface area contributed by atoms with Gasteiger partial charge >= 0.3 is 0 Å². The van der Waals surface area contributed by atoms with E-state index in [-0.39, 0.29) is 23.8 Å². The van der Waals surface area contributed by atoms with E-state index < -0.39 is 5.83 Å². The molecule has 0 bridgehead atoms. The Bertz CT molecular complexity index is 1280. The summed E-state index contributed by atoms with van der Waals surface area (Å²) in [5, 5.41) is 13.4. The van der Waals surface area contributed by atoms with Crippen molar-refractivity contribution >= 4 is 29.7 Å². The van der Waals surface area contributed by atoms with E-state index in [1.165, 1.54) is 0 Å². The number of nitrogens with zero attached hydrogens (tertiary/aromatic N) is 5. The van der Waals surface area contributed by atoms with Crippen LogP contribution in [0.15, 0.2) is 47.5 Å². The van der Waals surface area contributed by atoms with Gasteiger partial charge in [-0.1, -0.05) is 6.07 Å². The summed E-state index contributed by atoms with van der Waals surface area (Å²) in [4.78, 5) is 30.3. The number of allylic oxidation sites excluding steroid dienone is 1. The number of pyridine rings is 1. The number of anilines is 2. The van der Waals surface area contributed by atoms with Crippen LogP contribution in [-0.4, -0.2) is 37.3 Å². The van der Waals surface area contributed by atoms with Gasteiger partial charge in [0.1, 0.15) is 0 Å². The van der Waals surface area contributed by atoms with Gasteiger partial charge in [0.05, 0.1) is 12.3 Å². The maximum absolute atomic E-state index is 13.1. The van der Waals surface area contributed by atoms with Gasteiger partial charge in [-0.2, -0.15) is 5.10 Å². The number of H-pyrrole nitrogens is 1. The summed E-state index contributed by atoms with van der Waals surface area (Å²) in [5.41, 5.74) is 8.76. The first-order valence-corrected chi connectivity index (χ1v) is 12.3. The van der Waals surface area contributed by atoms with Gasteiger partial charge in [0.2, 0.25) is 11.9 Å². The lowest BCUT2D eigenvalue weighted by Crippen LogP contribution is -2.34. The van der Waals surface area contributed by atoms with Gasteiger partial charge in [-0.3, -0.25) is 9.89 Å². The van der Waals surface area contributed by atoms with E-state index in [1.807, 2.05) is 39.0 Å². The number of carbonyl (C=O) groups excluding carboxylic acids is 1. The Morgan fingerprint density at radius 1 is 1.22 bits per heavy atom. The Kier molecular flexibility index (Phi) is 8.22. The molecule has 0 aliphatic heterocycles. The molecule has 37 heavy (non-hydrogen) atoms. The van der Waals surface area contributed by atoms with E-state index in [0.717, 1.165) is 60.7 Å². The van der Waals surface area contributed by atoms with E-state index in [9.17, 15) is 9.18 Å². The number of hydrogen-bond donors (Lipinski definition) is 4. The van der Waals surface area contributed by atoms with Crippen molar-refractivity contribution in [3.8, 4) is 0 Å². The van der Waals surface area contributed by atoms with Crippen LogP contribution in [-0.2, 0) is 4.79 Å². The Labute approximate surface area is 215 Å². The van der Waals surface area contributed by atoms with Crippen molar-refractivity contribution in [3.63, 3.8) is 0 Å². The van der Waals surface area contributed by atoms with Gasteiger partial charge in [0, 0.05) is 47.4 Å². The Hall–Kier alpha value is -4.15. The van der Waals surface area contributed by atoms with Crippen molar-refractivity contribution in [3.05, 3.63) is 65.1 Å². The molecule has 1 aliphatic rings. The number of aliphatic imine (C=N–C) groups is 1. The fourth-order valence-corrected chi connectivity index (χ4v) is 4.42. The highest BCUT2D eigenvalue weighted by molar-refractivity contribution is 5.79. The van der Waals surface area contributed by atoms with Crippen LogP contribution in [0.1, 0.15) is 67.2 Å². The highest BCUT2D eigenvalue weighted by atomic mass is 19.1. The lowest BCUT2D eigenvalue weighted by Gasteiger charge is -2.28. The quantitative estimate of drug-likeness (QED) is 0.328. The van der Waals surface area contributed by atoms with E-state index in [2.05, 4.69) is 35.8 Å². The second-order valence-corrected chi connectivity index (χ2v) is 9.36. The lowest BCUT2D eigenvalue weighted by atomic mass is 9.80. The van der Waals surface area contributed by atoms with Crippen LogP contribution in [0.5, 0.6) is 0 Å². The predicted octanol–water partition coefficient (Wildman–Crippen LogP) is 4.58. The molecular formula is C26H32FN9O. The van der Waals surface area contributed by atoms with Crippen LogP contribution in [0.4, 0.5) is 22.0 Å². The smallest absolute Gasteiger partial charge is 0.228 e. The highest BCUT2D eigenvalue weighted by Crippen LogP contribution is 2.36. The third-order valence-corrected chi connectivity index (χ3v) is 6.44. The average molecular weight is 506 g/mol. The first kappa shape index (κ1) is 25.9. The monoisotopic (exact) mass is 505 g/mol. The first-order valence-electron chi connectivity index (χ1n) is 12.3. The number of amides is 1. The number of aromatic nitrogens is 5. The Balaban J connectivity index is 1.31. The number of nitrogens with two attached hydrogens (primary N) is 1. The van der Waals surface area contributed by atoms with Crippen molar-refractivity contribution < 1.29 is 9.18 Å². The predicted molar refractivity (Wildman–Crippen MR) is 140 cm³/mol. The third-order valence-electron chi connectivity index (χ3n) is 6.44. The summed E-state index contributed by atoms with van der Waals surface area (Å²) in [6.45, 7) is 5.81. The maximum atomic E-state index is 13.1. The van der Waals surface area contributed by atoms with Crippen molar-refractivity contribution in [1.29, 1.82) is 0 Å². The van der Waals surface area contributed by atoms with Crippen molar-refractivity contribution in [2.45, 2.75) is 58.4 Å². The van der Waals surface area contributed by atoms with Gasteiger partial charge in [-0.05, 0) is 64.2 Å². The molecule has 0 aromatic carbocycles. The molecule has 5 N–H and O–H groups in total. The molecule has 0 radical (unpaired) electrons. The molecule has 3 heterocycles. The van der Waals surface area contributed by atoms with Crippen molar-refractivity contribution in [2.24, 2.45) is 16.6 Å². The van der Waals surface area contributed by atoms with E-state index >= 15 is 0 Å². The number of hydrogen-bond acceptors (Lipinski definition) is 8.